The topological polar surface area (TPSA) is 61.4 Å². The van der Waals surface area contributed by atoms with Crippen LogP contribution in [0.4, 0.5) is 10.5 Å². The van der Waals surface area contributed by atoms with E-state index in [4.69, 9.17) is 0 Å². The molecule has 0 spiro atoms. The van der Waals surface area contributed by atoms with Gasteiger partial charge in [-0.05, 0) is 37.1 Å². The summed E-state index contributed by atoms with van der Waals surface area (Å²) in [7, 11) is 0. The Hall–Kier alpha value is -2.33. The number of amides is 2. The molecule has 110 valence electrons. The first-order valence-corrected chi connectivity index (χ1v) is 6.87. The molecule has 0 atom stereocenters. The molecule has 0 aliphatic rings. The van der Waals surface area contributed by atoms with Gasteiger partial charge in [0.05, 0.1) is 5.60 Å². The summed E-state index contributed by atoms with van der Waals surface area (Å²) in [6, 6.07) is 16.6. The van der Waals surface area contributed by atoms with Crippen molar-refractivity contribution >= 4 is 11.7 Å². The van der Waals surface area contributed by atoms with Crippen LogP contribution in [0.5, 0.6) is 0 Å². The van der Waals surface area contributed by atoms with Gasteiger partial charge in [-0.15, -0.1) is 0 Å². The molecule has 0 fully saturated rings. The number of anilines is 1. The Balaban J connectivity index is 1.87. The van der Waals surface area contributed by atoms with Crippen molar-refractivity contribution in [3.63, 3.8) is 0 Å². The fraction of sp³-hybridized carbons (Fsp3) is 0.235. The number of hydrogen-bond donors (Lipinski definition) is 3. The van der Waals surface area contributed by atoms with E-state index < -0.39 is 5.60 Å². The maximum absolute atomic E-state index is 11.7. The van der Waals surface area contributed by atoms with Crippen LogP contribution < -0.4 is 10.6 Å². The Morgan fingerprint density at radius 3 is 2.24 bits per heavy atom. The van der Waals surface area contributed by atoms with Crippen molar-refractivity contribution in [2.45, 2.75) is 26.0 Å². The van der Waals surface area contributed by atoms with E-state index in [1.165, 1.54) is 0 Å². The smallest absolute Gasteiger partial charge is 0.319 e. The number of carbonyl (C=O) groups excluding carboxylic acids is 1. The molecule has 0 heterocycles. The van der Waals surface area contributed by atoms with E-state index in [2.05, 4.69) is 10.6 Å². The molecule has 2 amide bonds. The number of urea groups is 1. The van der Waals surface area contributed by atoms with Gasteiger partial charge in [0.2, 0.25) is 0 Å². The van der Waals surface area contributed by atoms with Crippen molar-refractivity contribution in [3.8, 4) is 0 Å². The third-order valence-electron chi connectivity index (χ3n) is 3.15. The Morgan fingerprint density at radius 1 is 1.05 bits per heavy atom. The first kappa shape index (κ1) is 15.1. The second kappa shape index (κ2) is 6.41. The fourth-order valence-corrected chi connectivity index (χ4v) is 1.91. The summed E-state index contributed by atoms with van der Waals surface area (Å²) in [4.78, 5) is 11.7. The predicted molar refractivity (Wildman–Crippen MR) is 84.0 cm³/mol. The van der Waals surface area contributed by atoms with Crippen LogP contribution in [-0.4, -0.2) is 11.1 Å². The van der Waals surface area contributed by atoms with E-state index in [0.717, 1.165) is 16.8 Å². The van der Waals surface area contributed by atoms with Crippen molar-refractivity contribution < 1.29 is 9.90 Å². The summed E-state index contributed by atoms with van der Waals surface area (Å²) in [5, 5.41) is 15.4. The molecule has 0 aromatic heterocycles. The molecule has 2 aromatic rings. The lowest BCUT2D eigenvalue weighted by Crippen LogP contribution is -2.28. The van der Waals surface area contributed by atoms with Crippen LogP contribution in [-0.2, 0) is 12.1 Å². The number of benzene rings is 2. The Morgan fingerprint density at radius 2 is 1.67 bits per heavy atom. The Kier molecular flexibility index (Phi) is 4.60. The van der Waals surface area contributed by atoms with E-state index >= 15 is 0 Å². The van der Waals surface area contributed by atoms with Crippen molar-refractivity contribution in [1.29, 1.82) is 0 Å². The minimum absolute atomic E-state index is 0.243. The van der Waals surface area contributed by atoms with Gasteiger partial charge < -0.3 is 15.7 Å². The standard InChI is InChI=1S/C17H20N2O2/c1-17(2,21)14-10-8-13(9-11-14)12-18-16(20)19-15-6-4-3-5-7-15/h3-11,21H,12H2,1-2H3,(H2,18,19,20). The minimum Gasteiger partial charge on any atom is -0.386 e. The maximum atomic E-state index is 11.7. The molecule has 0 radical (unpaired) electrons. The molecule has 0 saturated carbocycles. The van der Waals surface area contributed by atoms with E-state index in [-0.39, 0.29) is 6.03 Å². The molecule has 3 N–H and O–H groups in total. The van der Waals surface area contributed by atoms with Gasteiger partial charge in [-0.25, -0.2) is 4.79 Å². The number of rotatable bonds is 4. The Labute approximate surface area is 124 Å². The molecule has 0 unspecified atom stereocenters. The molecule has 21 heavy (non-hydrogen) atoms. The first-order chi connectivity index (χ1) is 9.95. The van der Waals surface area contributed by atoms with Crippen molar-refractivity contribution in [2.24, 2.45) is 0 Å². The van der Waals surface area contributed by atoms with Crippen molar-refractivity contribution in [3.05, 3.63) is 65.7 Å². The highest BCUT2D eigenvalue weighted by Gasteiger charge is 2.15. The summed E-state index contributed by atoms with van der Waals surface area (Å²) in [6.07, 6.45) is 0. The average Bonchev–Trinajstić information content (AvgIpc) is 2.46. The molecule has 0 aliphatic heterocycles. The van der Waals surface area contributed by atoms with E-state index in [9.17, 15) is 9.90 Å². The maximum Gasteiger partial charge on any atom is 0.319 e. The first-order valence-electron chi connectivity index (χ1n) is 6.87. The van der Waals surface area contributed by atoms with Crippen LogP contribution in [0.15, 0.2) is 54.6 Å². The average molecular weight is 284 g/mol. The van der Waals surface area contributed by atoms with Crippen molar-refractivity contribution in [1.82, 2.24) is 5.32 Å². The largest absolute Gasteiger partial charge is 0.386 e. The lowest BCUT2D eigenvalue weighted by molar-refractivity contribution is 0.0786. The fourth-order valence-electron chi connectivity index (χ4n) is 1.91. The third-order valence-corrected chi connectivity index (χ3v) is 3.15. The zero-order valence-electron chi connectivity index (χ0n) is 12.3. The predicted octanol–water partition coefficient (Wildman–Crippen LogP) is 3.24. The van der Waals surface area contributed by atoms with Crippen LogP contribution in [0, 0.1) is 0 Å². The van der Waals surface area contributed by atoms with Crippen LogP contribution in [0.3, 0.4) is 0 Å². The van der Waals surface area contributed by atoms with Gasteiger partial charge in [0.1, 0.15) is 0 Å². The lowest BCUT2D eigenvalue weighted by atomic mass is 9.97. The van der Waals surface area contributed by atoms with Gasteiger partial charge in [0, 0.05) is 12.2 Å². The van der Waals surface area contributed by atoms with E-state index in [1.54, 1.807) is 13.8 Å². The highest BCUT2D eigenvalue weighted by Crippen LogP contribution is 2.19. The minimum atomic E-state index is -0.851. The molecule has 0 saturated heterocycles. The van der Waals surface area contributed by atoms with Gasteiger partial charge in [0.15, 0.2) is 0 Å². The number of hydrogen-bond acceptors (Lipinski definition) is 2. The van der Waals surface area contributed by atoms with Gasteiger partial charge in [0.25, 0.3) is 0 Å². The number of carbonyl (C=O) groups is 1. The monoisotopic (exact) mass is 284 g/mol. The second-order valence-electron chi connectivity index (χ2n) is 5.43. The molecule has 0 aliphatic carbocycles. The van der Waals surface area contributed by atoms with E-state index in [1.807, 2.05) is 54.6 Å². The SMILES string of the molecule is CC(C)(O)c1ccc(CNC(=O)Nc2ccccc2)cc1. The number of nitrogens with one attached hydrogen (secondary N) is 2. The van der Waals surface area contributed by atoms with Gasteiger partial charge in [-0.2, -0.15) is 0 Å². The van der Waals surface area contributed by atoms with Crippen LogP contribution in [0.2, 0.25) is 0 Å². The van der Waals surface area contributed by atoms with Gasteiger partial charge in [-0.3, -0.25) is 0 Å². The quantitative estimate of drug-likeness (QED) is 0.807. The molecule has 4 heteroatoms. The molecule has 2 rings (SSSR count). The van der Waals surface area contributed by atoms with E-state index in [0.29, 0.717) is 6.54 Å². The normalized spacial score (nSPS) is 11.0. The highest BCUT2D eigenvalue weighted by molar-refractivity contribution is 5.89. The molecule has 2 aromatic carbocycles. The highest BCUT2D eigenvalue weighted by atomic mass is 16.3. The van der Waals surface area contributed by atoms with Crippen LogP contribution in [0.1, 0.15) is 25.0 Å². The second-order valence-corrected chi connectivity index (χ2v) is 5.43. The summed E-state index contributed by atoms with van der Waals surface area (Å²) in [5.41, 5.74) is 1.73. The van der Waals surface area contributed by atoms with Crippen molar-refractivity contribution in [2.75, 3.05) is 5.32 Å². The molecule has 0 bridgehead atoms. The lowest BCUT2D eigenvalue weighted by Gasteiger charge is -2.18. The summed E-state index contributed by atoms with van der Waals surface area (Å²) in [6.45, 7) is 3.92. The molecule has 4 nitrogen and oxygen atoms in total. The number of para-hydroxylation sites is 1. The van der Waals surface area contributed by atoms with Gasteiger partial charge in [-0.1, -0.05) is 42.5 Å². The third kappa shape index (κ3) is 4.61. The summed E-state index contributed by atoms with van der Waals surface area (Å²) in [5.74, 6) is 0. The number of aliphatic hydroxyl groups is 1. The zero-order chi connectivity index (χ0) is 15.3. The van der Waals surface area contributed by atoms with Crippen LogP contribution in [0.25, 0.3) is 0 Å². The summed E-state index contributed by atoms with van der Waals surface area (Å²) < 4.78 is 0. The zero-order valence-corrected chi connectivity index (χ0v) is 12.3. The summed E-state index contributed by atoms with van der Waals surface area (Å²) >= 11 is 0. The molecular formula is C17H20N2O2. The van der Waals surface area contributed by atoms with Crippen LogP contribution >= 0.6 is 0 Å². The molecular weight excluding hydrogens is 264 g/mol. The van der Waals surface area contributed by atoms with Gasteiger partial charge >= 0.3 is 6.03 Å². The Bertz CT molecular complexity index is 586.